The number of fused-ring (bicyclic) bond motifs is 3. The maximum Gasteiger partial charge on any atom is 0.433 e. The smallest absolute Gasteiger partial charge is 0.430 e. The molecule has 1 aromatic carbocycles. The highest BCUT2D eigenvalue weighted by molar-refractivity contribution is 6.00. The van der Waals surface area contributed by atoms with Crippen LogP contribution in [-0.4, -0.2) is 20.9 Å². The molecule has 3 aromatic heterocycles. The summed E-state index contributed by atoms with van der Waals surface area (Å²) >= 11 is 0. The largest absolute Gasteiger partial charge is 0.433 e. The Morgan fingerprint density at radius 1 is 1.11 bits per heavy atom. The molecule has 0 amide bonds. The van der Waals surface area contributed by atoms with Gasteiger partial charge in [-0.05, 0) is 29.8 Å². The lowest BCUT2D eigenvalue weighted by molar-refractivity contribution is -0.141. The first kappa shape index (κ1) is 16.9. The third kappa shape index (κ3) is 3.05. The maximum atomic E-state index is 12.9. The van der Waals surface area contributed by atoms with Gasteiger partial charge in [0.2, 0.25) is 11.3 Å². The van der Waals surface area contributed by atoms with Gasteiger partial charge in [-0.1, -0.05) is 12.1 Å². The van der Waals surface area contributed by atoms with Crippen molar-refractivity contribution < 1.29 is 22.0 Å². The van der Waals surface area contributed by atoms with Crippen molar-refractivity contribution in [3.63, 3.8) is 0 Å². The topological polar surface area (TPSA) is 73.3 Å². The Balaban J connectivity index is 1.80. The van der Waals surface area contributed by atoms with Crippen LogP contribution < -0.4 is 5.56 Å². The minimum atomic E-state index is -4.64. The zero-order valence-electron chi connectivity index (χ0n) is 13.2. The van der Waals surface area contributed by atoms with Gasteiger partial charge in [-0.3, -0.25) is 4.79 Å². The molecular formula is C17H8F4N4O2. The molecule has 136 valence electrons. The van der Waals surface area contributed by atoms with Crippen LogP contribution in [0.1, 0.15) is 11.3 Å². The fourth-order valence-electron chi connectivity index (χ4n) is 2.43. The first-order chi connectivity index (χ1) is 12.8. The van der Waals surface area contributed by atoms with E-state index in [0.717, 1.165) is 23.1 Å². The predicted octanol–water partition coefficient (Wildman–Crippen LogP) is 3.58. The van der Waals surface area contributed by atoms with Crippen molar-refractivity contribution in [1.82, 2.24) is 14.6 Å². The molecule has 0 fully saturated rings. The van der Waals surface area contributed by atoms with Gasteiger partial charge in [0.15, 0.2) is 0 Å². The van der Waals surface area contributed by atoms with Gasteiger partial charge < -0.3 is 4.42 Å². The van der Waals surface area contributed by atoms with Gasteiger partial charge in [0.1, 0.15) is 23.4 Å². The summed E-state index contributed by atoms with van der Waals surface area (Å²) in [6, 6.07) is 7.31. The number of aromatic nitrogens is 3. The summed E-state index contributed by atoms with van der Waals surface area (Å²) in [4.78, 5) is 19.9. The Morgan fingerprint density at radius 2 is 1.85 bits per heavy atom. The summed E-state index contributed by atoms with van der Waals surface area (Å²) in [5.74, 6) is -0.416. The second-order valence-corrected chi connectivity index (χ2v) is 5.52. The van der Waals surface area contributed by atoms with Crippen LogP contribution in [0.3, 0.4) is 0 Å². The standard InChI is InChI=1S/C17H8F4N4O2/c18-10-3-1-9(2-4-10)7-23-25-8-22-13-11-5-6-12(17(19,20)21)24-15(11)27-14(13)16(25)26/h1-8H/b23-7+. The van der Waals surface area contributed by atoms with Crippen LogP contribution in [-0.2, 0) is 6.18 Å². The Hall–Kier alpha value is -3.56. The van der Waals surface area contributed by atoms with Crippen molar-refractivity contribution >= 4 is 28.4 Å². The minimum Gasteiger partial charge on any atom is -0.430 e. The van der Waals surface area contributed by atoms with Crippen LogP contribution in [0.15, 0.2) is 57.0 Å². The Morgan fingerprint density at radius 3 is 2.56 bits per heavy atom. The van der Waals surface area contributed by atoms with Crippen LogP contribution in [0.4, 0.5) is 17.6 Å². The molecule has 0 aliphatic heterocycles. The van der Waals surface area contributed by atoms with Crippen LogP contribution >= 0.6 is 0 Å². The van der Waals surface area contributed by atoms with E-state index >= 15 is 0 Å². The van der Waals surface area contributed by atoms with Gasteiger partial charge in [-0.2, -0.15) is 22.9 Å². The Kier molecular flexibility index (Phi) is 3.76. The highest BCUT2D eigenvalue weighted by atomic mass is 19.4. The summed E-state index contributed by atoms with van der Waals surface area (Å²) in [6.07, 6.45) is -2.23. The zero-order chi connectivity index (χ0) is 19.2. The first-order valence-corrected chi connectivity index (χ1v) is 7.51. The molecule has 3 heterocycles. The van der Waals surface area contributed by atoms with Gasteiger partial charge in [0.05, 0.1) is 11.6 Å². The molecule has 0 saturated carbocycles. The molecule has 10 heteroatoms. The SMILES string of the molecule is O=c1c2oc3nc(C(F)(F)F)ccc3c2ncn1/N=C/c1ccc(F)cc1. The molecule has 6 nitrogen and oxygen atoms in total. The van der Waals surface area contributed by atoms with Crippen LogP contribution in [0.25, 0.3) is 22.2 Å². The average Bonchev–Trinajstić information content (AvgIpc) is 3.01. The predicted molar refractivity (Wildman–Crippen MR) is 88.0 cm³/mol. The fourth-order valence-corrected chi connectivity index (χ4v) is 2.43. The van der Waals surface area contributed by atoms with Crippen molar-refractivity contribution in [2.45, 2.75) is 6.18 Å². The molecule has 0 saturated heterocycles. The molecule has 0 N–H and O–H groups in total. The van der Waals surface area contributed by atoms with Gasteiger partial charge in [-0.25, -0.2) is 14.4 Å². The van der Waals surface area contributed by atoms with E-state index in [-0.39, 0.29) is 22.2 Å². The van der Waals surface area contributed by atoms with Gasteiger partial charge in [-0.15, -0.1) is 0 Å². The van der Waals surface area contributed by atoms with Gasteiger partial charge in [0.25, 0.3) is 0 Å². The zero-order valence-corrected chi connectivity index (χ0v) is 13.2. The normalized spacial score (nSPS) is 12.4. The second-order valence-electron chi connectivity index (χ2n) is 5.52. The molecule has 0 atom stereocenters. The lowest BCUT2D eigenvalue weighted by Crippen LogP contribution is -2.16. The van der Waals surface area contributed by atoms with Crippen LogP contribution in [0.2, 0.25) is 0 Å². The molecule has 0 unspecified atom stereocenters. The Bertz CT molecular complexity index is 1240. The number of furan rings is 1. The van der Waals surface area contributed by atoms with E-state index in [1.54, 1.807) is 0 Å². The van der Waals surface area contributed by atoms with Crippen LogP contribution in [0.5, 0.6) is 0 Å². The lowest BCUT2D eigenvalue weighted by Gasteiger charge is -2.03. The lowest BCUT2D eigenvalue weighted by atomic mass is 10.2. The van der Waals surface area contributed by atoms with Gasteiger partial charge >= 0.3 is 11.7 Å². The summed E-state index contributed by atoms with van der Waals surface area (Å²) < 4.78 is 57.3. The molecule has 0 radical (unpaired) electrons. The maximum absolute atomic E-state index is 12.9. The molecule has 0 aliphatic carbocycles. The third-order valence-corrected chi connectivity index (χ3v) is 3.72. The number of pyridine rings is 1. The van der Waals surface area contributed by atoms with Crippen molar-refractivity contribution in [3.05, 3.63) is 70.2 Å². The van der Waals surface area contributed by atoms with E-state index in [2.05, 4.69) is 15.1 Å². The highest BCUT2D eigenvalue weighted by Crippen LogP contribution is 2.31. The fraction of sp³-hybridized carbons (Fsp3) is 0.0588. The molecule has 27 heavy (non-hydrogen) atoms. The van der Waals surface area contributed by atoms with Crippen LogP contribution in [0, 0.1) is 5.82 Å². The summed E-state index contributed by atoms with van der Waals surface area (Å²) in [5.41, 5.74) is -1.84. The van der Waals surface area contributed by atoms with E-state index in [0.29, 0.717) is 5.56 Å². The number of rotatable bonds is 2. The molecule has 0 spiro atoms. The third-order valence-electron chi connectivity index (χ3n) is 3.72. The highest BCUT2D eigenvalue weighted by Gasteiger charge is 2.33. The molecule has 0 aliphatic rings. The quantitative estimate of drug-likeness (QED) is 0.396. The van der Waals surface area contributed by atoms with Crippen molar-refractivity contribution in [2.24, 2.45) is 5.10 Å². The van der Waals surface area contributed by atoms with E-state index in [1.165, 1.54) is 30.5 Å². The average molecular weight is 376 g/mol. The first-order valence-electron chi connectivity index (χ1n) is 7.51. The van der Waals surface area contributed by atoms with Crippen molar-refractivity contribution in [1.29, 1.82) is 0 Å². The Labute approximate surface area is 147 Å². The summed E-state index contributed by atoms with van der Waals surface area (Å²) in [5, 5.41) is 4.10. The molecule has 0 bridgehead atoms. The molecule has 4 rings (SSSR count). The van der Waals surface area contributed by atoms with E-state index in [9.17, 15) is 22.4 Å². The van der Waals surface area contributed by atoms with E-state index < -0.39 is 23.2 Å². The number of hydrogen-bond acceptors (Lipinski definition) is 5. The van der Waals surface area contributed by atoms with Crippen molar-refractivity contribution in [2.75, 3.05) is 0 Å². The number of nitrogens with zero attached hydrogens (tertiary/aromatic N) is 4. The number of halogens is 4. The van der Waals surface area contributed by atoms with E-state index in [1.807, 2.05) is 0 Å². The van der Waals surface area contributed by atoms with Gasteiger partial charge in [0, 0.05) is 0 Å². The number of benzene rings is 1. The second kappa shape index (κ2) is 6.01. The van der Waals surface area contributed by atoms with E-state index in [4.69, 9.17) is 4.42 Å². The number of hydrogen-bond donors (Lipinski definition) is 0. The molecule has 4 aromatic rings. The molecular weight excluding hydrogens is 368 g/mol. The summed E-state index contributed by atoms with van der Waals surface area (Å²) in [7, 11) is 0. The summed E-state index contributed by atoms with van der Waals surface area (Å²) in [6.45, 7) is 0. The van der Waals surface area contributed by atoms with Crippen molar-refractivity contribution in [3.8, 4) is 0 Å². The number of alkyl halides is 3. The monoisotopic (exact) mass is 376 g/mol. The minimum absolute atomic E-state index is 0.0875.